The smallest absolute Gasteiger partial charge is 0.338 e. The number of ether oxygens (including phenoxy) is 1. The van der Waals surface area contributed by atoms with Crippen molar-refractivity contribution in [1.82, 2.24) is 0 Å². The lowest BCUT2D eigenvalue weighted by atomic mass is 9.82. The van der Waals surface area contributed by atoms with Crippen LogP contribution >= 0.6 is 0 Å². The maximum absolute atomic E-state index is 13.0. The summed E-state index contributed by atoms with van der Waals surface area (Å²) in [6.45, 7) is -0.465. The van der Waals surface area contributed by atoms with Gasteiger partial charge in [-0.15, -0.1) is 0 Å². The molecular weight excluding hydrogens is 472 g/mol. The van der Waals surface area contributed by atoms with Crippen molar-refractivity contribution in [2.75, 3.05) is 16.8 Å². The minimum absolute atomic E-state index is 0.209. The van der Waals surface area contributed by atoms with Gasteiger partial charge in [0.15, 0.2) is 6.61 Å². The number of hydrogen-bond donors (Lipinski definition) is 2. The number of allylic oxidation sites excluding steroid dienone is 2. The molecule has 188 valence electrons. The van der Waals surface area contributed by atoms with Crippen molar-refractivity contribution in [3.05, 3.63) is 103 Å². The van der Waals surface area contributed by atoms with E-state index in [9.17, 15) is 24.3 Å². The molecule has 3 aromatic carbocycles. The van der Waals surface area contributed by atoms with E-state index in [2.05, 4.69) is 5.32 Å². The van der Waals surface area contributed by atoms with Crippen molar-refractivity contribution in [2.24, 2.45) is 11.8 Å². The van der Waals surface area contributed by atoms with Crippen LogP contribution in [-0.2, 0) is 19.1 Å². The van der Waals surface area contributed by atoms with Crippen LogP contribution in [0.25, 0.3) is 0 Å². The van der Waals surface area contributed by atoms with Gasteiger partial charge in [-0.05, 0) is 61.4 Å². The van der Waals surface area contributed by atoms with E-state index in [0.717, 1.165) is 0 Å². The predicted octanol–water partition coefficient (Wildman–Crippen LogP) is 4.81. The Morgan fingerprint density at radius 2 is 1.32 bits per heavy atom. The van der Waals surface area contributed by atoms with E-state index in [1.54, 1.807) is 36.4 Å². The van der Waals surface area contributed by atoms with E-state index >= 15 is 0 Å². The Hall–Kier alpha value is -4.72. The number of carbonyl (C=O) groups is 4. The average Bonchev–Trinajstić information content (AvgIpc) is 2.93. The first-order chi connectivity index (χ1) is 17.9. The molecule has 8 nitrogen and oxygen atoms in total. The fourth-order valence-corrected chi connectivity index (χ4v) is 4.17. The first kappa shape index (κ1) is 25.4. The maximum atomic E-state index is 13.0. The molecule has 37 heavy (non-hydrogen) atoms. The molecule has 3 aromatic rings. The van der Waals surface area contributed by atoms with E-state index < -0.39 is 36.3 Å². The fourth-order valence-electron chi connectivity index (χ4n) is 4.17. The Labute approximate surface area is 214 Å². The van der Waals surface area contributed by atoms with Gasteiger partial charge in [-0.1, -0.05) is 48.6 Å². The molecule has 2 atom stereocenters. The number of para-hydroxylation sites is 2. The highest BCUT2D eigenvalue weighted by Crippen LogP contribution is 2.28. The molecule has 0 unspecified atom stereocenters. The lowest BCUT2D eigenvalue weighted by Gasteiger charge is -2.24. The van der Waals surface area contributed by atoms with Gasteiger partial charge >= 0.3 is 11.9 Å². The van der Waals surface area contributed by atoms with Crippen LogP contribution in [0.15, 0.2) is 97.1 Å². The lowest BCUT2D eigenvalue weighted by Crippen LogP contribution is -2.34. The molecule has 2 N–H and O–H groups in total. The summed E-state index contributed by atoms with van der Waals surface area (Å²) in [5.74, 6) is -3.94. The molecular formula is C29H26N2O6. The Morgan fingerprint density at radius 1 is 0.784 bits per heavy atom. The number of aliphatic carboxylic acids is 1. The maximum Gasteiger partial charge on any atom is 0.338 e. The summed E-state index contributed by atoms with van der Waals surface area (Å²) in [6.07, 6.45) is 4.24. The van der Waals surface area contributed by atoms with E-state index in [1.165, 1.54) is 29.2 Å². The average molecular weight is 499 g/mol. The van der Waals surface area contributed by atoms with E-state index in [4.69, 9.17) is 4.74 Å². The van der Waals surface area contributed by atoms with Crippen LogP contribution < -0.4 is 10.2 Å². The fraction of sp³-hybridized carbons (Fsp3) is 0.172. The van der Waals surface area contributed by atoms with Gasteiger partial charge in [0, 0.05) is 17.1 Å². The van der Waals surface area contributed by atoms with E-state index in [0.29, 0.717) is 29.9 Å². The van der Waals surface area contributed by atoms with Crippen LogP contribution in [-0.4, -0.2) is 35.5 Å². The van der Waals surface area contributed by atoms with Crippen LogP contribution in [0.2, 0.25) is 0 Å². The van der Waals surface area contributed by atoms with Crippen LogP contribution in [0.1, 0.15) is 23.2 Å². The molecule has 0 heterocycles. The Balaban J connectivity index is 1.37. The number of nitrogens with zero attached hydrogens (tertiary/aromatic N) is 1. The molecule has 0 spiro atoms. The number of hydrogen-bond acceptors (Lipinski definition) is 5. The minimum Gasteiger partial charge on any atom is -0.481 e. The molecule has 0 radical (unpaired) electrons. The number of esters is 1. The Kier molecular flexibility index (Phi) is 8.10. The molecule has 8 heteroatoms. The number of anilines is 3. The standard InChI is InChI=1S/C29H26N2O6/c32-26(31(22-9-3-1-4-10-22)23-11-5-2-6-12-23)19-37-29(36)20-15-17-21(18-16-20)30-27(33)24-13-7-8-14-25(24)28(34)35/h1-12,15-18,24-25H,13-14,19H2,(H,30,33)(H,34,35)/t24-,25-/m0/s1. The summed E-state index contributed by atoms with van der Waals surface area (Å²) >= 11 is 0. The summed E-state index contributed by atoms with van der Waals surface area (Å²) in [5.41, 5.74) is 1.93. The van der Waals surface area contributed by atoms with Crippen molar-refractivity contribution >= 4 is 40.8 Å². The number of carboxylic acid groups (broad SMARTS) is 1. The van der Waals surface area contributed by atoms with Gasteiger partial charge < -0.3 is 15.2 Å². The molecule has 0 fully saturated rings. The number of nitrogens with one attached hydrogen (secondary N) is 1. The molecule has 0 saturated heterocycles. The number of benzene rings is 3. The normalized spacial score (nSPS) is 16.4. The number of carbonyl (C=O) groups excluding carboxylic acids is 3. The monoisotopic (exact) mass is 498 g/mol. The van der Waals surface area contributed by atoms with Crippen LogP contribution in [0.4, 0.5) is 17.1 Å². The highest BCUT2D eigenvalue weighted by atomic mass is 16.5. The topological polar surface area (TPSA) is 113 Å². The first-order valence-corrected chi connectivity index (χ1v) is 11.8. The highest BCUT2D eigenvalue weighted by Gasteiger charge is 2.34. The largest absolute Gasteiger partial charge is 0.481 e. The second kappa shape index (κ2) is 11.8. The molecule has 0 saturated carbocycles. The van der Waals surface area contributed by atoms with E-state index in [-0.39, 0.29) is 11.5 Å². The zero-order valence-corrected chi connectivity index (χ0v) is 19.9. The number of rotatable bonds is 8. The molecule has 0 aliphatic heterocycles. The third-order valence-corrected chi connectivity index (χ3v) is 6.08. The summed E-state index contributed by atoms with van der Waals surface area (Å²) < 4.78 is 5.28. The SMILES string of the molecule is O=C(OCC(=O)N(c1ccccc1)c1ccccc1)c1ccc(NC(=O)[C@H]2CC=CC[C@@H]2C(=O)O)cc1. The number of amides is 2. The van der Waals surface area contributed by atoms with Gasteiger partial charge in [0.05, 0.1) is 17.4 Å². The molecule has 1 aliphatic rings. The van der Waals surface area contributed by atoms with E-state index in [1.807, 2.05) is 36.4 Å². The van der Waals surface area contributed by atoms with Crippen LogP contribution in [0.3, 0.4) is 0 Å². The minimum atomic E-state index is -1.00. The molecule has 1 aliphatic carbocycles. The first-order valence-electron chi connectivity index (χ1n) is 11.8. The van der Waals surface area contributed by atoms with Gasteiger partial charge in [0.25, 0.3) is 5.91 Å². The van der Waals surface area contributed by atoms with Crippen molar-refractivity contribution in [3.8, 4) is 0 Å². The molecule has 0 bridgehead atoms. The lowest BCUT2D eigenvalue weighted by molar-refractivity contribution is -0.146. The third-order valence-electron chi connectivity index (χ3n) is 6.08. The van der Waals surface area contributed by atoms with Gasteiger partial charge in [-0.25, -0.2) is 4.79 Å². The van der Waals surface area contributed by atoms with Crippen molar-refractivity contribution in [2.45, 2.75) is 12.8 Å². The second-order valence-corrected chi connectivity index (χ2v) is 8.54. The third kappa shape index (κ3) is 6.29. The van der Waals surface area contributed by atoms with Crippen molar-refractivity contribution in [1.29, 1.82) is 0 Å². The Bertz CT molecular complexity index is 1250. The highest BCUT2D eigenvalue weighted by molar-refractivity contribution is 6.02. The van der Waals surface area contributed by atoms with Crippen LogP contribution in [0, 0.1) is 11.8 Å². The van der Waals surface area contributed by atoms with Gasteiger partial charge in [-0.3, -0.25) is 19.3 Å². The summed E-state index contributed by atoms with van der Waals surface area (Å²) in [6, 6.07) is 24.2. The molecule has 4 rings (SSSR count). The molecule has 2 amide bonds. The Morgan fingerprint density at radius 3 is 1.86 bits per heavy atom. The molecule has 0 aromatic heterocycles. The second-order valence-electron chi connectivity index (χ2n) is 8.54. The van der Waals surface area contributed by atoms with Crippen molar-refractivity contribution in [3.63, 3.8) is 0 Å². The van der Waals surface area contributed by atoms with Gasteiger partial charge in [0.1, 0.15) is 0 Å². The summed E-state index contributed by atoms with van der Waals surface area (Å²) in [4.78, 5) is 51.2. The quantitative estimate of drug-likeness (QED) is 0.340. The van der Waals surface area contributed by atoms with Crippen molar-refractivity contribution < 1.29 is 29.0 Å². The summed E-state index contributed by atoms with van der Waals surface area (Å²) in [7, 11) is 0. The van der Waals surface area contributed by atoms with Crippen LogP contribution in [0.5, 0.6) is 0 Å². The van der Waals surface area contributed by atoms with Gasteiger partial charge in [-0.2, -0.15) is 0 Å². The predicted molar refractivity (Wildman–Crippen MR) is 138 cm³/mol. The number of carboxylic acids is 1. The zero-order valence-electron chi connectivity index (χ0n) is 19.9. The van der Waals surface area contributed by atoms with Gasteiger partial charge in [0.2, 0.25) is 5.91 Å². The summed E-state index contributed by atoms with van der Waals surface area (Å²) in [5, 5.41) is 12.1. The zero-order chi connectivity index (χ0) is 26.2.